The van der Waals surface area contributed by atoms with Crippen LogP contribution in [0.4, 0.5) is 4.39 Å². The third-order valence-corrected chi connectivity index (χ3v) is 9.87. The first-order valence-electron chi connectivity index (χ1n) is 19.1. The van der Waals surface area contributed by atoms with Crippen molar-refractivity contribution in [2.45, 2.75) is 112 Å². The summed E-state index contributed by atoms with van der Waals surface area (Å²) in [5, 5.41) is 9.97. The molecule has 2 aromatic carbocycles. The fourth-order valence-electron chi connectivity index (χ4n) is 6.84. The van der Waals surface area contributed by atoms with Crippen LogP contribution in [0.3, 0.4) is 0 Å². The van der Waals surface area contributed by atoms with Crippen LogP contribution >= 0.6 is 0 Å². The first kappa shape index (κ1) is 39.4. The molecule has 1 saturated carbocycles. The zero-order chi connectivity index (χ0) is 36.4. The molecule has 4 rings (SSSR count). The molecule has 0 aromatic heterocycles. The Kier molecular flexibility index (Phi) is 14.8. The van der Waals surface area contributed by atoms with E-state index in [0.717, 1.165) is 73.3 Å². The second kappa shape index (κ2) is 18.7. The van der Waals surface area contributed by atoms with Crippen LogP contribution < -0.4 is 20.7 Å². The van der Waals surface area contributed by atoms with Gasteiger partial charge in [0.2, 0.25) is 11.8 Å². The maximum atomic E-state index is 14.8. The molecule has 7 nitrogen and oxygen atoms in total. The van der Waals surface area contributed by atoms with Gasteiger partial charge in [-0.2, -0.15) is 0 Å². The van der Waals surface area contributed by atoms with E-state index in [4.69, 9.17) is 4.74 Å². The average molecular weight is 691 g/mol. The molecule has 2 amide bonds. The van der Waals surface area contributed by atoms with E-state index in [1.54, 1.807) is 6.07 Å². The Hall–Kier alpha value is -3.39. The highest BCUT2D eigenvalue weighted by Crippen LogP contribution is 2.35. The van der Waals surface area contributed by atoms with Crippen LogP contribution in [0.1, 0.15) is 104 Å². The third-order valence-electron chi connectivity index (χ3n) is 9.87. The summed E-state index contributed by atoms with van der Waals surface area (Å²) in [7, 11) is 0. The van der Waals surface area contributed by atoms with Gasteiger partial charge in [-0.1, -0.05) is 91.3 Å². The zero-order valence-corrected chi connectivity index (χ0v) is 31.9. The minimum Gasteiger partial charge on any atom is -0.493 e. The van der Waals surface area contributed by atoms with Crippen molar-refractivity contribution >= 4 is 11.8 Å². The minimum absolute atomic E-state index is 0.00665. The van der Waals surface area contributed by atoms with E-state index < -0.39 is 12.1 Å². The second-order valence-electron chi connectivity index (χ2n) is 15.9. The molecular weight excluding hydrogens is 627 g/mol. The lowest BCUT2D eigenvalue weighted by Gasteiger charge is -2.30. The molecule has 1 aliphatic carbocycles. The standard InChI is InChI=1S/C42H63FN4O3/c1-27(2)26-50-38-14-10-9-13-34(38)21-30(7)24-44-41(48)37(25-47-19-11-12-20-47)45-42(49)39(29(5)6)46-40(33-16-17-33)31(8)22-32-15-18-35(28(3)4)36(43)23-32/h9-10,13-15,18,23,27-31,37,39,46H,11-12,16-17,19-22,24-26H2,1-8H3,(H,44,48)(H,45,49)/t30-,31+,37-,39+/m0/s1. The number of rotatable bonds is 19. The van der Waals surface area contributed by atoms with Crippen LogP contribution in [0.25, 0.3) is 0 Å². The van der Waals surface area contributed by atoms with Gasteiger partial charge in [0.25, 0.3) is 0 Å². The van der Waals surface area contributed by atoms with Gasteiger partial charge in [-0.15, -0.1) is 0 Å². The van der Waals surface area contributed by atoms with E-state index in [9.17, 15) is 14.0 Å². The number of nitrogens with one attached hydrogen (secondary N) is 3. The highest BCUT2D eigenvalue weighted by Gasteiger charge is 2.32. The van der Waals surface area contributed by atoms with E-state index >= 15 is 0 Å². The molecular formula is C42H63FN4O3. The molecule has 2 fully saturated rings. The minimum atomic E-state index is -0.658. The molecule has 2 aromatic rings. The number of ether oxygens (including phenoxy) is 1. The summed E-state index contributed by atoms with van der Waals surface area (Å²) in [6.07, 6.45) is 5.68. The van der Waals surface area contributed by atoms with E-state index in [2.05, 4.69) is 54.6 Å². The highest BCUT2D eigenvalue weighted by atomic mass is 19.1. The molecule has 2 aliphatic rings. The summed E-state index contributed by atoms with van der Waals surface area (Å²) < 4.78 is 20.9. The van der Waals surface area contributed by atoms with E-state index in [1.807, 2.05) is 58.0 Å². The molecule has 276 valence electrons. The third kappa shape index (κ3) is 11.9. The Bertz CT molecular complexity index is 1440. The number of amides is 2. The number of likely N-dealkylation sites (tertiary alicyclic amines) is 1. The first-order valence-corrected chi connectivity index (χ1v) is 19.1. The number of allylic oxidation sites excluding steroid dienone is 2. The van der Waals surface area contributed by atoms with Crippen LogP contribution in [0.2, 0.25) is 0 Å². The lowest BCUT2D eigenvalue weighted by Crippen LogP contribution is -2.57. The van der Waals surface area contributed by atoms with Crippen LogP contribution in [-0.4, -0.2) is 61.6 Å². The quantitative estimate of drug-likeness (QED) is 0.143. The van der Waals surface area contributed by atoms with Crippen molar-refractivity contribution in [3.05, 3.63) is 76.2 Å². The van der Waals surface area contributed by atoms with Crippen molar-refractivity contribution in [1.82, 2.24) is 20.9 Å². The SMILES string of the molecule is CC(C)COc1ccccc1C[C@H](C)CNC(=O)[C@H](CN1CCCC1)NC(=O)[C@H](NC(=C1CC1)[C@H](C)Cc1ccc(C(C)C)c(F)c1)C(C)C. The van der Waals surface area contributed by atoms with Crippen molar-refractivity contribution < 1.29 is 18.7 Å². The van der Waals surface area contributed by atoms with Crippen molar-refractivity contribution in [1.29, 1.82) is 0 Å². The number of carbonyl (C=O) groups excluding carboxylic acids is 2. The largest absolute Gasteiger partial charge is 0.493 e. The van der Waals surface area contributed by atoms with Gasteiger partial charge >= 0.3 is 0 Å². The fraction of sp³-hybridized carbons (Fsp3) is 0.619. The van der Waals surface area contributed by atoms with Crippen molar-refractivity contribution in [2.75, 3.05) is 32.8 Å². The lowest BCUT2D eigenvalue weighted by atomic mass is 9.93. The molecule has 1 heterocycles. The number of para-hydroxylation sites is 1. The Labute approximate surface area is 301 Å². The van der Waals surface area contributed by atoms with Gasteiger partial charge in [-0.05, 0) is 110 Å². The summed E-state index contributed by atoms with van der Waals surface area (Å²) in [4.78, 5) is 30.1. The molecule has 0 radical (unpaired) electrons. The van der Waals surface area contributed by atoms with Gasteiger partial charge in [-0.25, -0.2) is 4.39 Å². The van der Waals surface area contributed by atoms with E-state index in [0.29, 0.717) is 32.0 Å². The molecule has 0 bridgehead atoms. The number of hydrogen-bond donors (Lipinski definition) is 3. The van der Waals surface area contributed by atoms with Crippen LogP contribution in [0.15, 0.2) is 53.7 Å². The fourth-order valence-corrected chi connectivity index (χ4v) is 6.84. The summed E-state index contributed by atoms with van der Waals surface area (Å²) >= 11 is 0. The van der Waals surface area contributed by atoms with Crippen LogP contribution in [0.5, 0.6) is 5.75 Å². The van der Waals surface area contributed by atoms with Crippen LogP contribution in [-0.2, 0) is 22.4 Å². The van der Waals surface area contributed by atoms with Gasteiger partial charge in [0.05, 0.1) is 6.61 Å². The molecule has 0 unspecified atom stereocenters. The average Bonchev–Trinajstić information content (AvgIpc) is 3.76. The lowest BCUT2D eigenvalue weighted by molar-refractivity contribution is -0.131. The Morgan fingerprint density at radius 3 is 2.20 bits per heavy atom. The van der Waals surface area contributed by atoms with Crippen molar-refractivity contribution in [2.24, 2.45) is 23.7 Å². The Morgan fingerprint density at radius 1 is 0.880 bits per heavy atom. The van der Waals surface area contributed by atoms with Gasteiger partial charge < -0.3 is 25.6 Å². The molecule has 4 atom stereocenters. The smallest absolute Gasteiger partial charge is 0.243 e. The summed E-state index contributed by atoms with van der Waals surface area (Å²) in [6, 6.07) is 12.6. The molecule has 1 aliphatic heterocycles. The normalized spacial score (nSPS) is 17.1. The molecule has 3 N–H and O–H groups in total. The number of carbonyl (C=O) groups is 2. The van der Waals surface area contributed by atoms with Crippen molar-refractivity contribution in [3.8, 4) is 5.75 Å². The summed E-state index contributed by atoms with van der Waals surface area (Å²) in [5.41, 5.74) is 5.23. The van der Waals surface area contributed by atoms with E-state index in [-0.39, 0.29) is 41.3 Å². The Morgan fingerprint density at radius 2 is 1.58 bits per heavy atom. The molecule has 8 heteroatoms. The van der Waals surface area contributed by atoms with Gasteiger partial charge in [0, 0.05) is 18.8 Å². The summed E-state index contributed by atoms with van der Waals surface area (Å²) in [5.74, 6) is 1.27. The maximum Gasteiger partial charge on any atom is 0.243 e. The highest BCUT2D eigenvalue weighted by molar-refractivity contribution is 5.90. The van der Waals surface area contributed by atoms with Crippen molar-refractivity contribution in [3.63, 3.8) is 0 Å². The van der Waals surface area contributed by atoms with Crippen LogP contribution in [0, 0.1) is 29.5 Å². The second-order valence-corrected chi connectivity index (χ2v) is 15.9. The number of halogens is 1. The summed E-state index contributed by atoms with van der Waals surface area (Å²) in [6.45, 7) is 20.2. The van der Waals surface area contributed by atoms with Gasteiger partial charge in [0.15, 0.2) is 0 Å². The molecule has 50 heavy (non-hydrogen) atoms. The zero-order valence-electron chi connectivity index (χ0n) is 31.9. The topological polar surface area (TPSA) is 82.7 Å². The van der Waals surface area contributed by atoms with Gasteiger partial charge in [0.1, 0.15) is 23.7 Å². The predicted octanol–water partition coefficient (Wildman–Crippen LogP) is 7.40. The maximum absolute atomic E-state index is 14.8. The first-order chi connectivity index (χ1) is 23.8. The number of nitrogens with zero attached hydrogens (tertiary/aromatic N) is 1. The van der Waals surface area contributed by atoms with Gasteiger partial charge in [-0.3, -0.25) is 9.59 Å². The number of hydrogen-bond acceptors (Lipinski definition) is 5. The predicted molar refractivity (Wildman–Crippen MR) is 202 cm³/mol. The Balaban J connectivity index is 1.41. The van der Waals surface area contributed by atoms with E-state index in [1.165, 1.54) is 5.57 Å². The number of benzene rings is 2. The molecule has 0 spiro atoms. The monoisotopic (exact) mass is 690 g/mol. The molecule has 1 saturated heterocycles.